The van der Waals surface area contributed by atoms with Gasteiger partial charge in [-0.2, -0.15) is 17.0 Å². The van der Waals surface area contributed by atoms with E-state index in [4.69, 9.17) is 10.4 Å². The number of aliphatic hydroxyl groups excluding tert-OH is 1. The maximum atomic E-state index is 9.08. The van der Waals surface area contributed by atoms with E-state index in [-0.39, 0.29) is 6.61 Å². The van der Waals surface area contributed by atoms with Crippen LogP contribution in [0.15, 0.2) is 0 Å². The van der Waals surface area contributed by atoms with Gasteiger partial charge in [0, 0.05) is 17.6 Å². The van der Waals surface area contributed by atoms with E-state index < -0.39 is 5.54 Å². The molecule has 2 atom stereocenters. The van der Waals surface area contributed by atoms with Gasteiger partial charge in [0.25, 0.3) is 0 Å². The van der Waals surface area contributed by atoms with Gasteiger partial charge in [0.1, 0.15) is 5.54 Å². The molecule has 15 heavy (non-hydrogen) atoms. The summed E-state index contributed by atoms with van der Waals surface area (Å²) < 4.78 is 0. The smallest absolute Gasteiger partial charge is 0.113 e. The van der Waals surface area contributed by atoms with E-state index >= 15 is 0 Å². The minimum absolute atomic E-state index is 0.222. The summed E-state index contributed by atoms with van der Waals surface area (Å²) in [6.45, 7) is 7.20. The predicted molar refractivity (Wildman–Crippen MR) is 65.9 cm³/mol. The Morgan fingerprint density at radius 1 is 1.60 bits per heavy atom. The molecule has 0 aliphatic carbocycles. The number of nitriles is 1. The second-order valence-electron chi connectivity index (χ2n) is 4.00. The second-order valence-corrected chi connectivity index (χ2v) is 5.43. The Hall–Kier alpha value is -0.240. The van der Waals surface area contributed by atoms with Crippen molar-refractivity contribution in [1.29, 1.82) is 5.26 Å². The number of nitrogens with zero attached hydrogens (tertiary/aromatic N) is 1. The molecule has 0 aromatic rings. The molecule has 0 aliphatic rings. The minimum Gasteiger partial charge on any atom is -0.396 e. The first kappa shape index (κ1) is 14.8. The van der Waals surface area contributed by atoms with Gasteiger partial charge in [-0.25, -0.2) is 0 Å². The highest BCUT2D eigenvalue weighted by atomic mass is 32.2. The van der Waals surface area contributed by atoms with Crippen LogP contribution in [-0.4, -0.2) is 34.8 Å². The van der Waals surface area contributed by atoms with Gasteiger partial charge >= 0.3 is 0 Å². The predicted octanol–water partition coefficient (Wildman–Crippen LogP) is 1.77. The Kier molecular flexibility index (Phi) is 7.85. The first-order valence-corrected chi connectivity index (χ1v) is 6.51. The fraction of sp³-hybridized carbons (Fsp3) is 0.909. The molecule has 0 rings (SSSR count). The highest BCUT2D eigenvalue weighted by molar-refractivity contribution is 7.99. The summed E-state index contributed by atoms with van der Waals surface area (Å²) in [6.07, 6.45) is 1.83. The van der Waals surface area contributed by atoms with Crippen molar-refractivity contribution in [2.24, 2.45) is 0 Å². The van der Waals surface area contributed by atoms with Gasteiger partial charge in [0.2, 0.25) is 0 Å². The van der Waals surface area contributed by atoms with Crippen LogP contribution in [0.3, 0.4) is 0 Å². The summed E-state index contributed by atoms with van der Waals surface area (Å²) in [4.78, 5) is 0. The Balaban J connectivity index is 3.93. The fourth-order valence-electron chi connectivity index (χ4n) is 1.10. The topological polar surface area (TPSA) is 56.0 Å². The maximum Gasteiger partial charge on any atom is 0.113 e. The number of hydrogen-bond acceptors (Lipinski definition) is 4. The van der Waals surface area contributed by atoms with E-state index in [1.54, 1.807) is 11.8 Å². The third-order valence-electron chi connectivity index (χ3n) is 2.20. The fourth-order valence-corrected chi connectivity index (χ4v) is 2.15. The van der Waals surface area contributed by atoms with Crippen LogP contribution >= 0.6 is 11.8 Å². The average molecular weight is 230 g/mol. The largest absolute Gasteiger partial charge is 0.396 e. The van der Waals surface area contributed by atoms with Crippen LogP contribution in [0.5, 0.6) is 0 Å². The molecule has 0 aromatic heterocycles. The van der Waals surface area contributed by atoms with Gasteiger partial charge in [0.15, 0.2) is 0 Å². The van der Waals surface area contributed by atoms with Crippen molar-refractivity contribution < 1.29 is 5.11 Å². The SMILES string of the molecule is CCCNC(C)(C#N)CSC(C)CCO. The Labute approximate surface area is 97.2 Å². The average Bonchev–Trinajstić information content (AvgIpc) is 2.24. The lowest BCUT2D eigenvalue weighted by Gasteiger charge is -2.24. The zero-order valence-corrected chi connectivity index (χ0v) is 10.7. The van der Waals surface area contributed by atoms with E-state index in [0.717, 1.165) is 25.1 Å². The quantitative estimate of drug-likeness (QED) is 0.667. The molecule has 0 aromatic carbocycles. The first-order chi connectivity index (χ1) is 7.08. The van der Waals surface area contributed by atoms with E-state index in [1.165, 1.54) is 0 Å². The maximum absolute atomic E-state index is 9.08. The standard InChI is InChI=1S/C11H22N2OS/c1-4-6-13-11(3,8-12)9-15-10(2)5-7-14/h10,13-14H,4-7,9H2,1-3H3. The van der Waals surface area contributed by atoms with E-state index in [0.29, 0.717) is 5.25 Å². The summed E-state index contributed by atoms with van der Waals surface area (Å²) >= 11 is 1.74. The zero-order chi connectivity index (χ0) is 11.7. The molecule has 0 bridgehead atoms. The van der Waals surface area contributed by atoms with Crippen LogP contribution in [-0.2, 0) is 0 Å². The minimum atomic E-state index is -0.440. The van der Waals surface area contributed by atoms with Gasteiger partial charge in [-0.3, -0.25) is 5.32 Å². The molecule has 0 saturated heterocycles. The number of hydrogen-bond donors (Lipinski definition) is 2. The van der Waals surface area contributed by atoms with Gasteiger partial charge in [-0.1, -0.05) is 13.8 Å². The van der Waals surface area contributed by atoms with Crippen molar-refractivity contribution in [2.45, 2.75) is 44.4 Å². The number of nitrogens with one attached hydrogen (secondary N) is 1. The van der Waals surface area contributed by atoms with E-state index in [9.17, 15) is 0 Å². The Bertz CT molecular complexity index is 205. The van der Waals surface area contributed by atoms with Crippen LogP contribution in [0, 0.1) is 11.3 Å². The van der Waals surface area contributed by atoms with Gasteiger partial charge in [-0.05, 0) is 26.3 Å². The lowest BCUT2D eigenvalue weighted by molar-refractivity contribution is 0.289. The second kappa shape index (κ2) is 7.98. The van der Waals surface area contributed by atoms with Gasteiger partial charge in [0.05, 0.1) is 6.07 Å². The molecular formula is C11H22N2OS. The molecule has 0 heterocycles. The summed E-state index contributed by atoms with van der Waals surface area (Å²) in [7, 11) is 0. The van der Waals surface area contributed by atoms with Gasteiger partial charge in [-0.15, -0.1) is 0 Å². The van der Waals surface area contributed by atoms with Crippen LogP contribution in [0.4, 0.5) is 0 Å². The third-order valence-corrected chi connectivity index (χ3v) is 3.75. The molecule has 0 saturated carbocycles. The van der Waals surface area contributed by atoms with Crippen LogP contribution in [0.2, 0.25) is 0 Å². The normalized spacial score (nSPS) is 16.7. The van der Waals surface area contributed by atoms with E-state index in [1.807, 2.05) is 6.92 Å². The molecule has 2 N–H and O–H groups in total. The monoisotopic (exact) mass is 230 g/mol. The van der Waals surface area contributed by atoms with Crippen LogP contribution in [0.25, 0.3) is 0 Å². The highest BCUT2D eigenvalue weighted by Gasteiger charge is 2.23. The molecule has 0 fully saturated rings. The Morgan fingerprint density at radius 3 is 2.73 bits per heavy atom. The lowest BCUT2D eigenvalue weighted by atomic mass is 10.1. The van der Waals surface area contributed by atoms with Crippen molar-refractivity contribution in [2.75, 3.05) is 18.9 Å². The summed E-state index contributed by atoms with van der Waals surface area (Å²) in [6, 6.07) is 2.32. The van der Waals surface area contributed by atoms with E-state index in [2.05, 4.69) is 25.2 Å². The zero-order valence-electron chi connectivity index (χ0n) is 9.92. The molecule has 0 amide bonds. The molecular weight excluding hydrogens is 208 g/mol. The van der Waals surface area contributed by atoms with Gasteiger partial charge < -0.3 is 5.11 Å². The van der Waals surface area contributed by atoms with Crippen molar-refractivity contribution in [3.8, 4) is 6.07 Å². The number of rotatable bonds is 8. The number of thioether (sulfide) groups is 1. The summed E-state index contributed by atoms with van der Waals surface area (Å²) in [5, 5.41) is 21.5. The lowest BCUT2D eigenvalue weighted by Crippen LogP contribution is -2.44. The molecule has 0 aliphatic heterocycles. The molecule has 0 radical (unpaired) electrons. The van der Waals surface area contributed by atoms with Crippen LogP contribution < -0.4 is 5.32 Å². The van der Waals surface area contributed by atoms with Crippen LogP contribution in [0.1, 0.15) is 33.6 Å². The molecule has 0 spiro atoms. The summed E-state index contributed by atoms with van der Waals surface area (Å²) in [5.74, 6) is 0.769. The van der Waals surface area contributed by atoms with Crippen molar-refractivity contribution in [3.05, 3.63) is 0 Å². The highest BCUT2D eigenvalue weighted by Crippen LogP contribution is 2.19. The number of aliphatic hydroxyl groups is 1. The molecule has 88 valence electrons. The summed E-state index contributed by atoms with van der Waals surface area (Å²) in [5.41, 5.74) is -0.440. The molecule has 3 nitrogen and oxygen atoms in total. The molecule has 2 unspecified atom stereocenters. The van der Waals surface area contributed by atoms with Crippen molar-refractivity contribution >= 4 is 11.8 Å². The first-order valence-electron chi connectivity index (χ1n) is 5.46. The molecule has 4 heteroatoms. The third kappa shape index (κ3) is 6.77. The van der Waals surface area contributed by atoms with Crippen molar-refractivity contribution in [3.63, 3.8) is 0 Å². The Morgan fingerprint density at radius 2 is 2.27 bits per heavy atom. The van der Waals surface area contributed by atoms with Crippen molar-refractivity contribution in [1.82, 2.24) is 5.32 Å².